The van der Waals surface area contributed by atoms with Gasteiger partial charge in [-0.3, -0.25) is 9.79 Å². The second-order valence-corrected chi connectivity index (χ2v) is 11.4. The maximum absolute atomic E-state index is 12.9. The van der Waals surface area contributed by atoms with E-state index in [1.54, 1.807) is 0 Å². The Morgan fingerprint density at radius 2 is 1.84 bits per heavy atom. The van der Waals surface area contributed by atoms with Crippen LogP contribution in [0.4, 0.5) is 5.69 Å². The highest BCUT2D eigenvalue weighted by Gasteiger charge is 2.42. The molecular weight excluding hydrogens is 430 g/mol. The number of sulfone groups is 1. The minimum atomic E-state index is -2.95. The van der Waals surface area contributed by atoms with Gasteiger partial charge in [0.05, 0.1) is 17.5 Å². The van der Waals surface area contributed by atoms with Crippen LogP contribution in [0, 0.1) is 0 Å². The first-order valence-electron chi connectivity index (χ1n) is 10.3. The predicted octanol–water partition coefficient (Wildman–Crippen LogP) is 3.30. The molecule has 1 saturated heterocycles. The number of hydrogen-bond donors (Lipinski definition) is 1. The van der Waals surface area contributed by atoms with Crippen LogP contribution in [-0.4, -0.2) is 60.3 Å². The van der Waals surface area contributed by atoms with Crippen molar-refractivity contribution in [3.8, 4) is 0 Å². The molecule has 0 saturated carbocycles. The minimum Gasteiger partial charge on any atom is -0.335 e. The largest absolute Gasteiger partial charge is 0.335 e. The van der Waals surface area contributed by atoms with Crippen molar-refractivity contribution in [3.63, 3.8) is 0 Å². The third-order valence-electron chi connectivity index (χ3n) is 5.84. The van der Waals surface area contributed by atoms with Gasteiger partial charge >= 0.3 is 0 Å². The summed E-state index contributed by atoms with van der Waals surface area (Å²) in [5.41, 5.74) is 4.01. The van der Waals surface area contributed by atoms with E-state index < -0.39 is 9.84 Å². The molecule has 1 fully saturated rings. The number of carbonyl (C=O) groups excluding carboxylic acids is 1. The van der Waals surface area contributed by atoms with E-state index in [0.717, 1.165) is 17.3 Å². The number of thioether (sulfide) groups is 1. The zero-order valence-corrected chi connectivity index (χ0v) is 18.5. The highest BCUT2D eigenvalue weighted by molar-refractivity contribution is 8.15. The molecule has 0 unspecified atom stereocenters. The normalized spacial score (nSPS) is 24.3. The van der Waals surface area contributed by atoms with E-state index >= 15 is 0 Å². The van der Waals surface area contributed by atoms with Gasteiger partial charge in [0.15, 0.2) is 15.0 Å². The quantitative estimate of drug-likeness (QED) is 0.772. The summed E-state index contributed by atoms with van der Waals surface area (Å²) in [4.78, 5) is 19.3. The Labute approximate surface area is 186 Å². The predicted molar refractivity (Wildman–Crippen MR) is 126 cm³/mol. The average Bonchev–Trinajstić information content (AvgIpc) is 3.27. The fourth-order valence-corrected chi connectivity index (χ4v) is 7.86. The van der Waals surface area contributed by atoms with Crippen molar-refractivity contribution in [2.45, 2.75) is 17.7 Å². The number of nitrogens with one attached hydrogen (secondary N) is 1. The Morgan fingerprint density at radius 3 is 2.52 bits per heavy atom. The van der Waals surface area contributed by atoms with Gasteiger partial charge in [0.1, 0.15) is 0 Å². The standard InChI is InChI=1S/C23H23N3O3S2/c27-22(26-12-10-17(11-13-26)16-4-2-1-3-5-16)18-6-8-19(9-7-18)24-23-25-20-14-31(28,29)15-21(20)30-23/h1-10,20-21H,11-15H2,(H,24,25)/t20-,21+/m0/s1. The highest BCUT2D eigenvalue weighted by Crippen LogP contribution is 2.34. The molecule has 0 spiro atoms. The van der Waals surface area contributed by atoms with E-state index in [1.165, 1.54) is 22.9 Å². The van der Waals surface area contributed by atoms with Gasteiger partial charge in [-0.05, 0) is 41.8 Å². The Bertz CT molecular complexity index is 1160. The topological polar surface area (TPSA) is 78.8 Å². The van der Waals surface area contributed by atoms with E-state index in [9.17, 15) is 13.2 Å². The number of fused-ring (bicyclic) bond motifs is 1. The van der Waals surface area contributed by atoms with Gasteiger partial charge in [0.2, 0.25) is 0 Å². The minimum absolute atomic E-state index is 0.0151. The summed E-state index contributed by atoms with van der Waals surface area (Å²) in [5.74, 6) is 0.363. The molecule has 8 heteroatoms. The molecule has 2 atom stereocenters. The molecule has 160 valence electrons. The molecule has 3 aliphatic heterocycles. The first-order valence-corrected chi connectivity index (χ1v) is 13.0. The van der Waals surface area contributed by atoms with Crippen molar-refractivity contribution < 1.29 is 13.2 Å². The van der Waals surface area contributed by atoms with E-state index in [1.807, 2.05) is 47.4 Å². The Morgan fingerprint density at radius 1 is 1.06 bits per heavy atom. The molecule has 2 aromatic carbocycles. The van der Waals surface area contributed by atoms with E-state index in [4.69, 9.17) is 0 Å². The molecule has 0 radical (unpaired) electrons. The average molecular weight is 454 g/mol. The summed E-state index contributed by atoms with van der Waals surface area (Å²) in [7, 11) is -2.95. The Balaban J connectivity index is 1.20. The summed E-state index contributed by atoms with van der Waals surface area (Å²) < 4.78 is 23.4. The lowest BCUT2D eigenvalue weighted by atomic mass is 9.99. The zero-order valence-electron chi connectivity index (χ0n) is 16.9. The van der Waals surface area contributed by atoms with Gasteiger partial charge in [-0.1, -0.05) is 48.2 Å². The van der Waals surface area contributed by atoms with Crippen LogP contribution in [0.15, 0.2) is 65.7 Å². The fourth-order valence-electron chi connectivity index (χ4n) is 4.19. The molecule has 0 aromatic heterocycles. The second-order valence-electron chi connectivity index (χ2n) is 8.03. The number of carbonyl (C=O) groups is 1. The maximum atomic E-state index is 12.9. The zero-order chi connectivity index (χ0) is 21.4. The number of benzene rings is 2. The second kappa shape index (κ2) is 8.16. The number of anilines is 1. The molecule has 3 heterocycles. The van der Waals surface area contributed by atoms with Crippen molar-refractivity contribution in [3.05, 3.63) is 71.8 Å². The van der Waals surface area contributed by atoms with Crippen molar-refractivity contribution in [1.82, 2.24) is 4.90 Å². The highest BCUT2D eigenvalue weighted by atomic mass is 32.2. The fraction of sp³-hybridized carbons (Fsp3) is 0.304. The SMILES string of the molecule is O=C(c1ccc(NC2=N[C@H]3CS(=O)(=O)C[C@H]3S2)cc1)N1CC=C(c2ccccc2)CC1. The van der Waals surface area contributed by atoms with Crippen molar-refractivity contribution in [2.24, 2.45) is 4.99 Å². The third-order valence-corrected chi connectivity index (χ3v) is 8.98. The summed E-state index contributed by atoms with van der Waals surface area (Å²) in [5, 5.41) is 4.01. The third kappa shape index (κ3) is 4.41. The lowest BCUT2D eigenvalue weighted by Gasteiger charge is -2.27. The van der Waals surface area contributed by atoms with Crippen LogP contribution in [0.5, 0.6) is 0 Å². The van der Waals surface area contributed by atoms with Crippen LogP contribution in [0.3, 0.4) is 0 Å². The number of amides is 1. The molecule has 0 bridgehead atoms. The Hall–Kier alpha value is -2.58. The summed E-state index contributed by atoms with van der Waals surface area (Å²) in [6, 6.07) is 17.5. The lowest BCUT2D eigenvalue weighted by molar-refractivity contribution is 0.0773. The van der Waals surface area contributed by atoms with Crippen LogP contribution in [-0.2, 0) is 9.84 Å². The summed E-state index contributed by atoms with van der Waals surface area (Å²) >= 11 is 1.49. The molecule has 2 aromatic rings. The maximum Gasteiger partial charge on any atom is 0.254 e. The van der Waals surface area contributed by atoms with Crippen LogP contribution >= 0.6 is 11.8 Å². The molecule has 31 heavy (non-hydrogen) atoms. The smallest absolute Gasteiger partial charge is 0.254 e. The summed E-state index contributed by atoms with van der Waals surface area (Å²) in [6.07, 6.45) is 2.99. The first kappa shape index (κ1) is 20.3. The number of amidine groups is 1. The molecule has 0 aliphatic carbocycles. The van der Waals surface area contributed by atoms with Crippen LogP contribution in [0.25, 0.3) is 5.57 Å². The molecular formula is C23H23N3O3S2. The van der Waals surface area contributed by atoms with Gasteiger partial charge < -0.3 is 10.2 Å². The molecule has 1 N–H and O–H groups in total. The summed E-state index contributed by atoms with van der Waals surface area (Å²) in [6.45, 7) is 1.32. The molecule has 6 nitrogen and oxygen atoms in total. The lowest BCUT2D eigenvalue weighted by Crippen LogP contribution is -2.34. The van der Waals surface area contributed by atoms with Gasteiger partial charge in [0, 0.05) is 29.6 Å². The number of aliphatic imine (C=N–C) groups is 1. The van der Waals surface area contributed by atoms with Crippen LogP contribution < -0.4 is 5.32 Å². The first-order chi connectivity index (χ1) is 15.0. The molecule has 5 rings (SSSR count). The molecule has 3 aliphatic rings. The van der Waals surface area contributed by atoms with E-state index in [0.29, 0.717) is 18.7 Å². The monoisotopic (exact) mass is 453 g/mol. The van der Waals surface area contributed by atoms with Gasteiger partial charge in [-0.25, -0.2) is 8.42 Å². The van der Waals surface area contributed by atoms with Crippen molar-refractivity contribution in [2.75, 3.05) is 29.9 Å². The van der Waals surface area contributed by atoms with E-state index in [-0.39, 0.29) is 28.7 Å². The van der Waals surface area contributed by atoms with Gasteiger partial charge in [-0.15, -0.1) is 0 Å². The van der Waals surface area contributed by atoms with Crippen molar-refractivity contribution in [1.29, 1.82) is 0 Å². The molecule has 1 amide bonds. The number of hydrogen-bond acceptors (Lipinski definition) is 6. The van der Waals surface area contributed by atoms with E-state index in [2.05, 4.69) is 28.5 Å². The van der Waals surface area contributed by atoms with Crippen LogP contribution in [0.1, 0.15) is 22.3 Å². The van der Waals surface area contributed by atoms with Gasteiger partial charge in [-0.2, -0.15) is 0 Å². The van der Waals surface area contributed by atoms with Crippen molar-refractivity contribution >= 4 is 43.9 Å². The Kier molecular flexibility index (Phi) is 5.35. The number of nitrogens with zero attached hydrogens (tertiary/aromatic N) is 2. The van der Waals surface area contributed by atoms with Gasteiger partial charge in [0.25, 0.3) is 5.91 Å². The number of rotatable bonds is 3. The van der Waals surface area contributed by atoms with Crippen LogP contribution in [0.2, 0.25) is 0 Å².